The molecular weight excluding hydrogens is 235 g/mol. The Morgan fingerprint density at radius 2 is 2.00 bits per heavy atom. The summed E-state index contributed by atoms with van der Waals surface area (Å²) in [6.07, 6.45) is -3.55. The number of hydrazine groups is 1. The first-order valence-corrected chi connectivity index (χ1v) is 4.05. The van der Waals surface area contributed by atoms with Crippen LogP contribution in [-0.2, 0) is 6.18 Å². The number of nitrogens with one attached hydrogen (secondary N) is 2. The summed E-state index contributed by atoms with van der Waals surface area (Å²) in [5, 5.41) is -0.493. The van der Waals surface area contributed by atoms with Crippen molar-refractivity contribution in [1.82, 2.24) is 15.4 Å². The van der Waals surface area contributed by atoms with Crippen LogP contribution in [-0.4, -0.2) is 16.3 Å². The number of nitrogens with zero attached hydrogens (tertiary/aromatic N) is 3. The second kappa shape index (κ2) is 3.23. The number of anilines is 1. The van der Waals surface area contributed by atoms with E-state index in [0.717, 1.165) is 6.34 Å². The summed E-state index contributed by atoms with van der Waals surface area (Å²) >= 11 is 5.35. The Balaban J connectivity index is 2.65. The van der Waals surface area contributed by atoms with Crippen LogP contribution >= 0.6 is 11.6 Å². The molecule has 0 aliphatic carbocycles. The fraction of sp³-hybridized carbons (Fsp3) is 0.167. The summed E-state index contributed by atoms with van der Waals surface area (Å²) in [6.45, 7) is 0. The molecule has 0 radical (unpaired) electrons. The Hall–Kier alpha value is -1.57. The molecule has 2 rings (SSSR count). The maximum Gasteiger partial charge on any atom is 0.435 e. The molecule has 1 aliphatic rings. The van der Waals surface area contributed by atoms with Crippen molar-refractivity contribution in [3.63, 3.8) is 0 Å². The van der Waals surface area contributed by atoms with Gasteiger partial charge in [0, 0.05) is 0 Å². The third-order valence-electron chi connectivity index (χ3n) is 1.57. The average Bonchev–Trinajstić information content (AvgIpc) is 2.15. The van der Waals surface area contributed by atoms with Gasteiger partial charge < -0.3 is 0 Å². The molecule has 15 heavy (non-hydrogen) atoms. The van der Waals surface area contributed by atoms with E-state index in [9.17, 15) is 13.2 Å². The van der Waals surface area contributed by atoms with Gasteiger partial charge in [-0.2, -0.15) is 18.2 Å². The molecule has 1 aromatic heterocycles. The van der Waals surface area contributed by atoms with Gasteiger partial charge in [-0.15, -0.1) is 0 Å². The van der Waals surface area contributed by atoms with Crippen molar-refractivity contribution in [1.29, 1.82) is 0 Å². The number of rotatable bonds is 0. The minimum Gasteiger partial charge on any atom is -0.289 e. The standard InChI is InChI=1S/C6H3ClF3N5/c7-5-13-3(6(8,9)10)2-4(14-5)15-12-1-11-2/h1H,(H,11,12)(H,13,14,15). The van der Waals surface area contributed by atoms with E-state index in [-0.39, 0.29) is 11.5 Å². The monoisotopic (exact) mass is 237 g/mol. The summed E-state index contributed by atoms with van der Waals surface area (Å²) in [6, 6.07) is 0. The number of halogens is 4. The predicted octanol–water partition coefficient (Wildman–Crippen LogP) is 1.74. The largest absolute Gasteiger partial charge is 0.435 e. The first kappa shape index (κ1) is 9.97. The number of hydrogen-bond donors (Lipinski definition) is 2. The summed E-state index contributed by atoms with van der Waals surface area (Å²) in [7, 11) is 0. The van der Waals surface area contributed by atoms with Crippen molar-refractivity contribution in [2.75, 3.05) is 5.43 Å². The number of alkyl halides is 3. The molecule has 0 unspecified atom stereocenters. The van der Waals surface area contributed by atoms with E-state index in [1.54, 1.807) is 0 Å². The molecule has 0 aromatic carbocycles. The molecule has 0 saturated carbocycles. The van der Waals surface area contributed by atoms with E-state index in [2.05, 4.69) is 25.8 Å². The smallest absolute Gasteiger partial charge is 0.289 e. The van der Waals surface area contributed by atoms with Gasteiger partial charge in [-0.3, -0.25) is 10.9 Å². The molecule has 0 bridgehead atoms. The van der Waals surface area contributed by atoms with Crippen molar-refractivity contribution >= 4 is 29.4 Å². The van der Waals surface area contributed by atoms with Crippen LogP contribution in [0.2, 0.25) is 5.28 Å². The number of aliphatic imine (C=N–C) groups is 1. The maximum absolute atomic E-state index is 12.5. The van der Waals surface area contributed by atoms with Crippen molar-refractivity contribution in [3.05, 3.63) is 11.0 Å². The highest BCUT2D eigenvalue weighted by Gasteiger charge is 2.38. The first-order chi connectivity index (χ1) is 6.98. The highest BCUT2D eigenvalue weighted by atomic mass is 35.5. The Kier molecular flexibility index (Phi) is 2.14. The Labute approximate surface area is 86.4 Å². The molecule has 1 aliphatic heterocycles. The Morgan fingerprint density at radius 1 is 1.27 bits per heavy atom. The number of fused-ring (bicyclic) bond motifs is 1. The molecule has 5 nitrogen and oxygen atoms in total. The third kappa shape index (κ3) is 1.80. The zero-order valence-corrected chi connectivity index (χ0v) is 7.69. The van der Waals surface area contributed by atoms with E-state index in [1.165, 1.54) is 0 Å². The van der Waals surface area contributed by atoms with Crippen LogP contribution in [0.3, 0.4) is 0 Å². The first-order valence-electron chi connectivity index (χ1n) is 3.67. The minimum absolute atomic E-state index is 0.107. The fourth-order valence-corrected chi connectivity index (χ4v) is 1.20. The molecule has 0 fully saturated rings. The summed E-state index contributed by atoms with van der Waals surface area (Å²) in [5.41, 5.74) is 3.22. The van der Waals surface area contributed by atoms with Gasteiger partial charge in [0.25, 0.3) is 0 Å². The lowest BCUT2D eigenvalue weighted by molar-refractivity contribution is -0.140. The van der Waals surface area contributed by atoms with Gasteiger partial charge in [0.15, 0.2) is 11.5 Å². The molecule has 2 heterocycles. The zero-order valence-electron chi connectivity index (χ0n) is 6.93. The van der Waals surface area contributed by atoms with Crippen molar-refractivity contribution in [2.24, 2.45) is 4.99 Å². The van der Waals surface area contributed by atoms with E-state index in [1.807, 2.05) is 0 Å². The predicted molar refractivity (Wildman–Crippen MR) is 47.0 cm³/mol. The summed E-state index contributed by atoms with van der Waals surface area (Å²) < 4.78 is 37.5. The molecule has 0 spiro atoms. The Morgan fingerprint density at radius 3 is 2.67 bits per heavy atom. The van der Waals surface area contributed by atoms with Crippen LogP contribution in [0.1, 0.15) is 5.69 Å². The zero-order chi connectivity index (χ0) is 11.1. The Bertz CT molecular complexity index is 430. The normalized spacial score (nSPS) is 14.1. The van der Waals surface area contributed by atoms with E-state index in [0.29, 0.717) is 0 Å². The van der Waals surface area contributed by atoms with Crippen LogP contribution < -0.4 is 10.9 Å². The second-order valence-corrected chi connectivity index (χ2v) is 2.90. The number of hydrogen-bond acceptors (Lipinski definition) is 5. The lowest BCUT2D eigenvalue weighted by Gasteiger charge is -2.16. The molecule has 0 amide bonds. The van der Waals surface area contributed by atoms with Crippen molar-refractivity contribution < 1.29 is 13.2 Å². The van der Waals surface area contributed by atoms with Crippen LogP contribution in [0.25, 0.3) is 0 Å². The quantitative estimate of drug-likeness (QED) is 0.675. The summed E-state index contributed by atoms with van der Waals surface area (Å²) in [5.74, 6) is -0.107. The van der Waals surface area contributed by atoms with Crippen LogP contribution in [0.5, 0.6) is 0 Å². The lowest BCUT2D eigenvalue weighted by Crippen LogP contribution is -2.25. The van der Waals surface area contributed by atoms with E-state index in [4.69, 9.17) is 11.6 Å². The highest BCUT2D eigenvalue weighted by molar-refractivity contribution is 6.28. The van der Waals surface area contributed by atoms with Gasteiger partial charge >= 0.3 is 6.18 Å². The molecule has 1 aromatic rings. The summed E-state index contributed by atoms with van der Waals surface area (Å²) in [4.78, 5) is 10.2. The molecule has 9 heteroatoms. The maximum atomic E-state index is 12.5. The molecule has 2 N–H and O–H groups in total. The van der Waals surface area contributed by atoms with Gasteiger partial charge in [0.2, 0.25) is 5.28 Å². The third-order valence-corrected chi connectivity index (χ3v) is 1.74. The van der Waals surface area contributed by atoms with Crippen molar-refractivity contribution in [2.45, 2.75) is 6.18 Å². The molecule has 80 valence electrons. The van der Waals surface area contributed by atoms with Gasteiger partial charge in [0.1, 0.15) is 12.0 Å². The average molecular weight is 238 g/mol. The van der Waals surface area contributed by atoms with Gasteiger partial charge in [0.05, 0.1) is 0 Å². The van der Waals surface area contributed by atoms with Crippen LogP contribution in [0.4, 0.5) is 24.7 Å². The molecule has 0 atom stereocenters. The SMILES string of the molecule is FC(F)(F)c1nc(Cl)nc2c1N=CNN2. The van der Waals surface area contributed by atoms with Gasteiger partial charge in [-0.1, -0.05) is 0 Å². The van der Waals surface area contributed by atoms with Crippen molar-refractivity contribution in [3.8, 4) is 0 Å². The molecule has 0 saturated heterocycles. The molecular formula is C6H3ClF3N5. The van der Waals surface area contributed by atoms with E-state index < -0.39 is 17.2 Å². The number of aromatic nitrogens is 2. The van der Waals surface area contributed by atoms with E-state index >= 15 is 0 Å². The second-order valence-electron chi connectivity index (χ2n) is 2.56. The van der Waals surface area contributed by atoms with Gasteiger partial charge in [-0.25, -0.2) is 9.98 Å². The fourth-order valence-electron chi connectivity index (χ4n) is 1.03. The highest BCUT2D eigenvalue weighted by Crippen LogP contribution is 2.39. The lowest BCUT2D eigenvalue weighted by atomic mass is 10.3. The topological polar surface area (TPSA) is 62.2 Å². The minimum atomic E-state index is -4.62. The van der Waals surface area contributed by atoms with Gasteiger partial charge in [-0.05, 0) is 11.6 Å². The van der Waals surface area contributed by atoms with Crippen LogP contribution in [0, 0.1) is 0 Å². The van der Waals surface area contributed by atoms with Crippen LogP contribution in [0.15, 0.2) is 4.99 Å².